The highest BCUT2D eigenvalue weighted by Gasteiger charge is 2.44. The topological polar surface area (TPSA) is 37.7 Å². The summed E-state index contributed by atoms with van der Waals surface area (Å²) in [6.45, 7) is 5.52. The molecule has 2 aliphatic rings. The molecule has 4 rings (SSSR count). The summed E-state index contributed by atoms with van der Waals surface area (Å²) >= 11 is 11.8. The molecule has 2 aromatic rings. The maximum Gasteiger partial charge on any atom is 0.417 e. The number of aryl methyl sites for hydroxylation is 1. The molecule has 2 atom stereocenters. The van der Waals surface area contributed by atoms with Crippen LogP contribution in [-0.2, 0) is 6.18 Å². The van der Waals surface area contributed by atoms with Crippen molar-refractivity contribution in [1.82, 2.24) is 9.80 Å². The highest BCUT2D eigenvalue weighted by molar-refractivity contribution is 6.31. The number of hydrogen-bond donors (Lipinski definition) is 0. The summed E-state index contributed by atoms with van der Waals surface area (Å²) < 4.78 is 54.6. The van der Waals surface area contributed by atoms with E-state index in [1.807, 2.05) is 25.1 Å². The average molecular weight is 517 g/mol. The van der Waals surface area contributed by atoms with Crippen LogP contribution in [0, 0.1) is 24.6 Å². The van der Waals surface area contributed by atoms with E-state index in [9.17, 15) is 22.4 Å². The smallest absolute Gasteiger partial charge is 0.417 e. The Labute approximate surface area is 205 Å². The molecule has 0 aromatic heterocycles. The van der Waals surface area contributed by atoms with E-state index in [2.05, 4.69) is 10.2 Å². The van der Waals surface area contributed by atoms with Crippen molar-refractivity contribution in [3.05, 3.63) is 68.2 Å². The van der Waals surface area contributed by atoms with Crippen molar-refractivity contribution in [3.63, 3.8) is 0 Å². The Balaban J connectivity index is 1.30. The van der Waals surface area contributed by atoms with Crippen molar-refractivity contribution in [1.29, 1.82) is 0 Å². The van der Waals surface area contributed by atoms with Crippen LogP contribution in [0.1, 0.15) is 27.9 Å². The number of likely N-dealkylation sites (tertiary alicyclic amines) is 2. The maximum atomic E-state index is 14.5. The molecule has 2 heterocycles. The van der Waals surface area contributed by atoms with Crippen LogP contribution in [0.15, 0.2) is 30.3 Å². The average Bonchev–Trinajstić information content (AvgIpc) is 3.33. The fourth-order valence-electron chi connectivity index (χ4n) is 4.78. The van der Waals surface area contributed by atoms with Crippen LogP contribution < -0.4 is 0 Å². The van der Waals surface area contributed by atoms with E-state index in [4.69, 9.17) is 23.2 Å². The van der Waals surface area contributed by atoms with Gasteiger partial charge in [-0.3, -0.25) is 4.79 Å². The summed E-state index contributed by atoms with van der Waals surface area (Å²) in [5, 5.41) is 4.74. The molecule has 34 heavy (non-hydrogen) atoms. The van der Waals surface area contributed by atoms with Gasteiger partial charge in [0, 0.05) is 31.2 Å². The predicted octanol–water partition coefficient (Wildman–Crippen LogP) is 6.56. The maximum absolute atomic E-state index is 14.5. The van der Waals surface area contributed by atoms with Crippen molar-refractivity contribution >= 4 is 34.8 Å². The van der Waals surface area contributed by atoms with Gasteiger partial charge in [-0.1, -0.05) is 47.8 Å². The van der Waals surface area contributed by atoms with Crippen LogP contribution >= 0.6 is 23.2 Å². The molecular weight excluding hydrogens is 493 g/mol. The zero-order valence-electron chi connectivity index (χ0n) is 18.5. The number of halogens is 6. The Morgan fingerprint density at radius 1 is 1.06 bits per heavy atom. The van der Waals surface area contributed by atoms with Crippen molar-refractivity contribution in [2.24, 2.45) is 11.8 Å². The van der Waals surface area contributed by atoms with Crippen LogP contribution in [0.5, 0.6) is 0 Å². The van der Waals surface area contributed by atoms with Crippen molar-refractivity contribution in [3.8, 4) is 0 Å². The first-order chi connectivity index (χ1) is 16.0. The van der Waals surface area contributed by atoms with E-state index >= 15 is 0 Å². The largest absolute Gasteiger partial charge is 0.684 e. The van der Waals surface area contributed by atoms with E-state index in [-0.39, 0.29) is 11.8 Å². The van der Waals surface area contributed by atoms with Gasteiger partial charge < -0.3 is 15.1 Å². The van der Waals surface area contributed by atoms with Crippen LogP contribution in [0.3, 0.4) is 0 Å². The van der Waals surface area contributed by atoms with E-state index in [1.54, 1.807) is 0 Å². The fourth-order valence-corrected chi connectivity index (χ4v) is 5.11. The van der Waals surface area contributed by atoms with Crippen molar-refractivity contribution in [2.45, 2.75) is 19.5 Å². The highest BCUT2D eigenvalue weighted by atomic mass is 35.5. The third-order valence-corrected chi connectivity index (χ3v) is 7.24. The molecule has 2 unspecified atom stereocenters. The Hall–Kier alpha value is -2.03. The van der Waals surface area contributed by atoms with Crippen molar-refractivity contribution < 1.29 is 22.4 Å². The number of rotatable bonds is 6. The summed E-state index contributed by atoms with van der Waals surface area (Å²) in [6.07, 6.45) is -3.99. The minimum absolute atomic E-state index is 0.147. The van der Waals surface area contributed by atoms with Crippen LogP contribution in [0.4, 0.5) is 23.2 Å². The summed E-state index contributed by atoms with van der Waals surface area (Å²) in [6, 6.07) is 7.19. The van der Waals surface area contributed by atoms with Crippen molar-refractivity contribution in [2.75, 3.05) is 39.3 Å². The molecular formula is C24H24Cl2F4N3O-. The summed E-state index contributed by atoms with van der Waals surface area (Å²) in [7, 11) is 0. The molecule has 0 radical (unpaired) electrons. The highest BCUT2D eigenvalue weighted by Crippen LogP contribution is 2.38. The third kappa shape index (κ3) is 5.29. The Bertz CT molecular complexity index is 1060. The summed E-state index contributed by atoms with van der Waals surface area (Å²) in [5.74, 6) is -1.98. The number of fused-ring (bicyclic) bond motifs is 1. The third-order valence-electron chi connectivity index (χ3n) is 6.55. The fraction of sp³-hybridized carbons (Fsp3) is 0.458. The number of alkyl halides is 3. The van der Waals surface area contributed by atoms with Gasteiger partial charge >= 0.3 is 6.18 Å². The zero-order valence-corrected chi connectivity index (χ0v) is 20.0. The molecule has 2 saturated heterocycles. The lowest BCUT2D eigenvalue weighted by atomic mass is 10.0. The van der Waals surface area contributed by atoms with Crippen LogP contribution in [0.25, 0.3) is 5.32 Å². The first kappa shape index (κ1) is 25.1. The van der Waals surface area contributed by atoms with Crippen LogP contribution in [-0.4, -0.2) is 55.0 Å². The van der Waals surface area contributed by atoms with Gasteiger partial charge in [0.05, 0.1) is 16.1 Å². The molecule has 2 aromatic carbocycles. The van der Waals surface area contributed by atoms with Gasteiger partial charge in [-0.2, -0.15) is 13.2 Å². The SMILES string of the molecule is Cc1ccc([N-]CCCN2CC3CN(C(=O)c4c(C(F)(F)F)ccc(Cl)c4F)CC3C2)cc1Cl. The molecule has 4 nitrogen and oxygen atoms in total. The van der Waals surface area contributed by atoms with Crippen LogP contribution in [0.2, 0.25) is 10.0 Å². The summed E-state index contributed by atoms with van der Waals surface area (Å²) in [5.41, 5.74) is -0.439. The van der Waals surface area contributed by atoms with Gasteiger partial charge in [-0.15, -0.1) is 12.2 Å². The molecule has 10 heteroatoms. The summed E-state index contributed by atoms with van der Waals surface area (Å²) in [4.78, 5) is 16.5. The van der Waals surface area contributed by atoms with Gasteiger partial charge in [0.25, 0.3) is 5.91 Å². The van der Waals surface area contributed by atoms with Gasteiger partial charge in [0.1, 0.15) is 0 Å². The van der Waals surface area contributed by atoms with E-state index < -0.39 is 34.1 Å². The molecule has 0 N–H and O–H groups in total. The van der Waals surface area contributed by atoms with Gasteiger partial charge in [0.15, 0.2) is 5.82 Å². The minimum atomic E-state index is -4.85. The second kappa shape index (κ2) is 9.91. The lowest BCUT2D eigenvalue weighted by molar-refractivity contribution is -0.138. The van der Waals surface area contributed by atoms with Gasteiger partial charge in [-0.05, 0) is 43.0 Å². The lowest BCUT2D eigenvalue weighted by Crippen LogP contribution is -2.35. The zero-order chi connectivity index (χ0) is 24.6. The van der Waals surface area contributed by atoms with E-state index in [0.717, 1.165) is 43.4 Å². The van der Waals surface area contributed by atoms with Gasteiger partial charge in [-0.25, -0.2) is 4.39 Å². The predicted molar refractivity (Wildman–Crippen MR) is 124 cm³/mol. The second-order valence-electron chi connectivity index (χ2n) is 8.94. The first-order valence-corrected chi connectivity index (χ1v) is 11.8. The molecule has 0 saturated carbocycles. The first-order valence-electron chi connectivity index (χ1n) is 11.0. The standard InChI is InChI=1S/C24H24Cl2F4N3O/c1-14-3-4-17(9-20(14)26)31-7-2-8-32-10-15-12-33(13-16(15)11-32)23(34)21-18(24(28,29)30)5-6-19(25)22(21)27/h3-6,9,15-16H,2,7-8,10-13H2,1H3/q-1. The molecule has 0 aliphatic carbocycles. The quantitative estimate of drug-likeness (QED) is 0.322. The second-order valence-corrected chi connectivity index (χ2v) is 9.75. The monoisotopic (exact) mass is 516 g/mol. The molecule has 0 bridgehead atoms. The number of hydrogen-bond acceptors (Lipinski definition) is 2. The molecule has 2 aliphatic heterocycles. The van der Waals surface area contributed by atoms with E-state index in [1.165, 1.54) is 4.90 Å². The minimum Gasteiger partial charge on any atom is -0.684 e. The number of nitrogens with zero attached hydrogens (tertiary/aromatic N) is 3. The Kier molecular flexibility index (Phi) is 7.31. The molecule has 2 fully saturated rings. The number of benzene rings is 2. The number of carbonyl (C=O) groups excluding carboxylic acids is 1. The normalized spacial score (nSPS) is 20.6. The molecule has 184 valence electrons. The molecule has 1 amide bonds. The molecule has 0 spiro atoms. The lowest BCUT2D eigenvalue weighted by Gasteiger charge is -2.25. The Morgan fingerprint density at radius 3 is 2.35 bits per heavy atom. The number of carbonyl (C=O) groups is 1. The Morgan fingerprint density at radius 2 is 1.74 bits per heavy atom. The van der Waals surface area contributed by atoms with E-state index in [0.29, 0.717) is 30.7 Å². The van der Waals surface area contributed by atoms with Gasteiger partial charge in [0.2, 0.25) is 0 Å². The number of amides is 1.